The maximum atomic E-state index is 11.9. The summed E-state index contributed by atoms with van der Waals surface area (Å²) in [6, 6.07) is 7.55. The Morgan fingerprint density at radius 3 is 3.21 bits per heavy atom. The molecule has 24 heavy (non-hydrogen) atoms. The minimum atomic E-state index is 0.0459. The van der Waals surface area contributed by atoms with E-state index in [2.05, 4.69) is 20.8 Å². The van der Waals surface area contributed by atoms with Crippen LogP contribution in [0.15, 0.2) is 28.8 Å². The first-order valence-electron chi connectivity index (χ1n) is 7.87. The lowest BCUT2D eigenvalue weighted by Gasteiger charge is -2.22. The summed E-state index contributed by atoms with van der Waals surface area (Å²) in [5, 5.41) is 10.8. The molecular weight excluding hydrogens is 348 g/mol. The smallest absolute Gasteiger partial charge is 0.228 e. The molecular formula is C16H19ClN4O2S. The molecule has 1 amide bonds. The zero-order valence-electron chi connectivity index (χ0n) is 13.1. The van der Waals surface area contributed by atoms with Crippen LogP contribution in [0.4, 0.5) is 0 Å². The largest absolute Gasteiger partial charge is 0.356 e. The molecule has 1 atom stereocenters. The molecule has 1 unspecified atom stereocenters. The first-order chi connectivity index (χ1) is 11.7. The van der Waals surface area contributed by atoms with E-state index in [9.17, 15) is 4.79 Å². The van der Waals surface area contributed by atoms with Gasteiger partial charge in [-0.15, -0.1) is 0 Å². The Hall–Kier alpha value is -1.57. The molecule has 1 aromatic heterocycles. The second kappa shape index (κ2) is 8.50. The molecule has 2 heterocycles. The Bertz CT molecular complexity index is 688. The van der Waals surface area contributed by atoms with Crippen LogP contribution in [0.3, 0.4) is 0 Å². The number of hydrogen-bond donors (Lipinski definition) is 2. The lowest BCUT2D eigenvalue weighted by atomic mass is 10.2. The van der Waals surface area contributed by atoms with Crippen molar-refractivity contribution in [3.63, 3.8) is 0 Å². The topological polar surface area (TPSA) is 80.0 Å². The van der Waals surface area contributed by atoms with E-state index in [1.807, 2.05) is 23.9 Å². The molecule has 1 aliphatic heterocycles. The van der Waals surface area contributed by atoms with Gasteiger partial charge in [0.15, 0.2) is 0 Å². The number of nitrogens with one attached hydrogen (secondary N) is 2. The van der Waals surface area contributed by atoms with Gasteiger partial charge >= 0.3 is 0 Å². The van der Waals surface area contributed by atoms with Crippen LogP contribution in [0.1, 0.15) is 12.3 Å². The van der Waals surface area contributed by atoms with E-state index in [0.717, 1.165) is 23.6 Å². The quantitative estimate of drug-likeness (QED) is 0.815. The zero-order chi connectivity index (χ0) is 16.8. The highest BCUT2D eigenvalue weighted by Crippen LogP contribution is 2.19. The van der Waals surface area contributed by atoms with Crippen LogP contribution >= 0.6 is 23.4 Å². The van der Waals surface area contributed by atoms with Crippen molar-refractivity contribution in [1.29, 1.82) is 0 Å². The molecule has 3 rings (SSSR count). The maximum Gasteiger partial charge on any atom is 0.228 e. The lowest BCUT2D eigenvalue weighted by Crippen LogP contribution is -2.41. The molecule has 8 heteroatoms. The zero-order valence-corrected chi connectivity index (χ0v) is 14.7. The van der Waals surface area contributed by atoms with E-state index in [1.165, 1.54) is 0 Å². The van der Waals surface area contributed by atoms with Gasteiger partial charge in [-0.1, -0.05) is 28.9 Å². The van der Waals surface area contributed by atoms with Crippen molar-refractivity contribution >= 4 is 29.3 Å². The molecule has 0 radical (unpaired) electrons. The minimum Gasteiger partial charge on any atom is -0.356 e. The van der Waals surface area contributed by atoms with Crippen LogP contribution < -0.4 is 10.6 Å². The SMILES string of the molecule is O=C(CC1CSCCN1)NCCc1nc(-c2cccc(Cl)c2)no1. The molecule has 0 spiro atoms. The molecule has 1 aromatic carbocycles. The number of aromatic nitrogens is 2. The molecule has 6 nitrogen and oxygen atoms in total. The van der Waals surface area contributed by atoms with Gasteiger partial charge in [0.05, 0.1) is 0 Å². The lowest BCUT2D eigenvalue weighted by molar-refractivity contribution is -0.121. The average Bonchev–Trinajstić information content (AvgIpc) is 3.05. The number of nitrogens with zero attached hydrogens (tertiary/aromatic N) is 2. The Labute approximate surface area is 149 Å². The van der Waals surface area contributed by atoms with Gasteiger partial charge in [-0.25, -0.2) is 0 Å². The molecule has 0 aliphatic carbocycles. The summed E-state index contributed by atoms with van der Waals surface area (Å²) in [5.41, 5.74) is 0.808. The number of thioether (sulfide) groups is 1. The van der Waals surface area contributed by atoms with Gasteiger partial charge in [0.25, 0.3) is 0 Å². The molecule has 2 aromatic rings. The Balaban J connectivity index is 1.44. The first kappa shape index (κ1) is 17.3. The summed E-state index contributed by atoms with van der Waals surface area (Å²) in [7, 11) is 0. The van der Waals surface area contributed by atoms with Crippen molar-refractivity contribution in [2.45, 2.75) is 18.9 Å². The molecule has 128 valence electrons. The van der Waals surface area contributed by atoms with Gasteiger partial charge < -0.3 is 15.2 Å². The molecule has 1 fully saturated rings. The second-order valence-electron chi connectivity index (χ2n) is 5.55. The summed E-state index contributed by atoms with van der Waals surface area (Å²) in [4.78, 5) is 16.3. The molecule has 1 saturated heterocycles. The Kier molecular flexibility index (Phi) is 6.12. The van der Waals surface area contributed by atoms with Crippen LogP contribution in [-0.4, -0.2) is 46.7 Å². The average molecular weight is 367 g/mol. The number of halogens is 1. The van der Waals surface area contributed by atoms with E-state index in [0.29, 0.717) is 36.1 Å². The fourth-order valence-electron chi connectivity index (χ4n) is 2.46. The van der Waals surface area contributed by atoms with Crippen LogP contribution in [0, 0.1) is 0 Å². The molecule has 1 aliphatic rings. The number of carbonyl (C=O) groups excluding carboxylic acids is 1. The summed E-state index contributed by atoms with van der Waals surface area (Å²) in [6.07, 6.45) is 1.01. The van der Waals surface area contributed by atoms with E-state index in [4.69, 9.17) is 16.1 Å². The number of carbonyl (C=O) groups is 1. The highest BCUT2D eigenvalue weighted by molar-refractivity contribution is 7.99. The van der Waals surface area contributed by atoms with E-state index >= 15 is 0 Å². The van der Waals surface area contributed by atoms with Crippen LogP contribution in [0.2, 0.25) is 5.02 Å². The van der Waals surface area contributed by atoms with Crippen molar-refractivity contribution in [2.24, 2.45) is 0 Å². The standard InChI is InChI=1S/C16H19ClN4O2S/c17-12-3-1-2-11(8-12)16-20-15(23-21-16)4-5-19-14(22)9-13-10-24-7-6-18-13/h1-3,8,13,18H,4-7,9-10H2,(H,19,22). The number of hydrogen-bond acceptors (Lipinski definition) is 6. The molecule has 0 saturated carbocycles. The normalized spacial score (nSPS) is 17.6. The number of rotatable bonds is 6. The van der Waals surface area contributed by atoms with Crippen molar-refractivity contribution < 1.29 is 9.32 Å². The van der Waals surface area contributed by atoms with E-state index in [-0.39, 0.29) is 11.9 Å². The fraction of sp³-hybridized carbons (Fsp3) is 0.438. The van der Waals surface area contributed by atoms with Gasteiger partial charge in [-0.3, -0.25) is 4.79 Å². The predicted molar refractivity (Wildman–Crippen MR) is 95.2 cm³/mol. The van der Waals surface area contributed by atoms with Gasteiger partial charge in [0, 0.05) is 54.1 Å². The van der Waals surface area contributed by atoms with E-state index < -0.39 is 0 Å². The summed E-state index contributed by atoms with van der Waals surface area (Å²) in [5.74, 6) is 3.15. The maximum absolute atomic E-state index is 11.9. The van der Waals surface area contributed by atoms with Gasteiger partial charge in [-0.2, -0.15) is 16.7 Å². The van der Waals surface area contributed by atoms with Crippen molar-refractivity contribution in [2.75, 3.05) is 24.6 Å². The van der Waals surface area contributed by atoms with E-state index in [1.54, 1.807) is 12.1 Å². The van der Waals surface area contributed by atoms with Crippen LogP contribution in [0.5, 0.6) is 0 Å². The summed E-state index contributed by atoms with van der Waals surface area (Å²) < 4.78 is 5.22. The Morgan fingerprint density at radius 2 is 2.42 bits per heavy atom. The molecule has 0 bridgehead atoms. The third-order valence-electron chi connectivity index (χ3n) is 3.64. The fourth-order valence-corrected chi connectivity index (χ4v) is 3.60. The minimum absolute atomic E-state index is 0.0459. The number of benzene rings is 1. The highest BCUT2D eigenvalue weighted by atomic mass is 35.5. The van der Waals surface area contributed by atoms with Crippen LogP contribution in [-0.2, 0) is 11.2 Å². The van der Waals surface area contributed by atoms with Crippen molar-refractivity contribution in [3.8, 4) is 11.4 Å². The monoisotopic (exact) mass is 366 g/mol. The second-order valence-corrected chi connectivity index (χ2v) is 7.14. The van der Waals surface area contributed by atoms with Gasteiger partial charge in [-0.05, 0) is 12.1 Å². The van der Waals surface area contributed by atoms with Crippen molar-refractivity contribution in [1.82, 2.24) is 20.8 Å². The Morgan fingerprint density at radius 1 is 1.50 bits per heavy atom. The summed E-state index contributed by atoms with van der Waals surface area (Å²) in [6.45, 7) is 1.45. The molecule has 2 N–H and O–H groups in total. The summed E-state index contributed by atoms with van der Waals surface area (Å²) >= 11 is 7.84. The third-order valence-corrected chi connectivity index (χ3v) is 5.01. The number of amides is 1. The highest BCUT2D eigenvalue weighted by Gasteiger charge is 2.16. The van der Waals surface area contributed by atoms with Gasteiger partial charge in [0.1, 0.15) is 0 Å². The van der Waals surface area contributed by atoms with Crippen LogP contribution in [0.25, 0.3) is 11.4 Å². The predicted octanol–water partition coefficient (Wildman–Crippen LogP) is 2.14. The van der Waals surface area contributed by atoms with Crippen molar-refractivity contribution in [3.05, 3.63) is 35.2 Å². The van der Waals surface area contributed by atoms with Gasteiger partial charge in [0.2, 0.25) is 17.6 Å². The first-order valence-corrected chi connectivity index (χ1v) is 9.40. The third kappa shape index (κ3) is 4.96.